The third kappa shape index (κ3) is 2.59. The molecule has 1 aliphatic heterocycles. The number of hydrogen-bond donors (Lipinski definition) is 1. The molecule has 0 atom stereocenters. The predicted octanol–water partition coefficient (Wildman–Crippen LogP) is -0.0431. The number of piperidine rings is 1. The number of nitrogens with two attached hydrogens (primary N) is 1. The van der Waals surface area contributed by atoms with Crippen molar-refractivity contribution in [3.63, 3.8) is 0 Å². The molecule has 0 unspecified atom stereocenters. The standard InChI is InChI=1S/C9H20N4/c1-11-9(10)13(3)8-4-6-12(2)7-5-8/h8H,4-7H2,1-3H3,(H2,10,11). The maximum atomic E-state index is 5.74. The van der Waals surface area contributed by atoms with Gasteiger partial charge in [-0.2, -0.15) is 0 Å². The molecule has 0 aliphatic carbocycles. The minimum atomic E-state index is 0.569. The normalized spacial score (nSPS) is 21.9. The summed E-state index contributed by atoms with van der Waals surface area (Å²) in [5.74, 6) is 0.648. The zero-order valence-corrected chi connectivity index (χ0v) is 8.82. The highest BCUT2D eigenvalue weighted by molar-refractivity contribution is 5.77. The third-order valence-electron chi connectivity index (χ3n) is 2.83. The molecule has 13 heavy (non-hydrogen) atoms. The molecular weight excluding hydrogens is 164 g/mol. The Hall–Kier alpha value is -0.770. The highest BCUT2D eigenvalue weighted by Gasteiger charge is 2.21. The average molecular weight is 184 g/mol. The highest BCUT2D eigenvalue weighted by Crippen LogP contribution is 2.13. The van der Waals surface area contributed by atoms with Gasteiger partial charge in [0.1, 0.15) is 0 Å². The molecule has 0 aromatic heterocycles. The fraction of sp³-hybridized carbons (Fsp3) is 0.889. The van der Waals surface area contributed by atoms with Gasteiger partial charge in [-0.25, -0.2) is 0 Å². The van der Waals surface area contributed by atoms with Gasteiger partial charge in [0.15, 0.2) is 5.96 Å². The number of nitrogens with zero attached hydrogens (tertiary/aromatic N) is 3. The number of likely N-dealkylation sites (tertiary alicyclic amines) is 1. The Balaban J connectivity index is 2.44. The minimum absolute atomic E-state index is 0.569. The van der Waals surface area contributed by atoms with Gasteiger partial charge in [0.2, 0.25) is 0 Å². The number of rotatable bonds is 1. The molecular formula is C9H20N4. The van der Waals surface area contributed by atoms with E-state index in [0.717, 1.165) is 13.1 Å². The molecule has 0 aromatic carbocycles. The smallest absolute Gasteiger partial charge is 0.190 e. The van der Waals surface area contributed by atoms with Crippen molar-refractivity contribution in [1.29, 1.82) is 0 Å². The Morgan fingerprint density at radius 1 is 1.46 bits per heavy atom. The maximum absolute atomic E-state index is 5.74. The van der Waals surface area contributed by atoms with Gasteiger partial charge in [0.05, 0.1) is 0 Å². The molecule has 0 bridgehead atoms. The molecule has 2 N–H and O–H groups in total. The van der Waals surface area contributed by atoms with E-state index in [1.54, 1.807) is 7.05 Å². The Kier molecular flexibility index (Phi) is 3.54. The van der Waals surface area contributed by atoms with Crippen molar-refractivity contribution in [2.75, 3.05) is 34.2 Å². The number of aliphatic imine (C=N–C) groups is 1. The molecule has 0 amide bonds. The molecule has 0 radical (unpaired) electrons. The van der Waals surface area contributed by atoms with E-state index in [4.69, 9.17) is 5.73 Å². The van der Waals surface area contributed by atoms with Crippen LogP contribution in [0.1, 0.15) is 12.8 Å². The van der Waals surface area contributed by atoms with E-state index in [1.165, 1.54) is 12.8 Å². The van der Waals surface area contributed by atoms with Crippen LogP contribution in [0.15, 0.2) is 4.99 Å². The fourth-order valence-corrected chi connectivity index (χ4v) is 1.73. The van der Waals surface area contributed by atoms with E-state index in [0.29, 0.717) is 12.0 Å². The lowest BCUT2D eigenvalue weighted by atomic mass is 10.0. The van der Waals surface area contributed by atoms with Crippen LogP contribution >= 0.6 is 0 Å². The van der Waals surface area contributed by atoms with Gasteiger partial charge in [-0.3, -0.25) is 4.99 Å². The maximum Gasteiger partial charge on any atom is 0.190 e. The summed E-state index contributed by atoms with van der Waals surface area (Å²) in [6.07, 6.45) is 2.37. The summed E-state index contributed by atoms with van der Waals surface area (Å²) in [5.41, 5.74) is 5.74. The van der Waals surface area contributed by atoms with Gasteiger partial charge >= 0.3 is 0 Å². The summed E-state index contributed by atoms with van der Waals surface area (Å²) in [5, 5.41) is 0. The van der Waals surface area contributed by atoms with Crippen LogP contribution in [0.25, 0.3) is 0 Å². The van der Waals surface area contributed by atoms with Gasteiger partial charge in [-0.1, -0.05) is 0 Å². The molecule has 0 saturated carbocycles. The Bertz CT molecular complexity index is 182. The van der Waals surface area contributed by atoms with E-state index < -0.39 is 0 Å². The third-order valence-corrected chi connectivity index (χ3v) is 2.83. The van der Waals surface area contributed by atoms with Crippen LogP contribution in [-0.2, 0) is 0 Å². The van der Waals surface area contributed by atoms with Gasteiger partial charge in [0, 0.05) is 20.1 Å². The molecule has 4 nitrogen and oxygen atoms in total. The fourth-order valence-electron chi connectivity index (χ4n) is 1.73. The zero-order chi connectivity index (χ0) is 9.84. The quantitative estimate of drug-likeness (QED) is 0.459. The Morgan fingerprint density at radius 3 is 2.46 bits per heavy atom. The lowest BCUT2D eigenvalue weighted by molar-refractivity contribution is 0.191. The van der Waals surface area contributed by atoms with Crippen molar-refractivity contribution in [3.8, 4) is 0 Å². The summed E-state index contributed by atoms with van der Waals surface area (Å²) in [6, 6.07) is 0.569. The van der Waals surface area contributed by atoms with Crippen molar-refractivity contribution in [2.24, 2.45) is 10.7 Å². The van der Waals surface area contributed by atoms with Crippen LogP contribution in [0.2, 0.25) is 0 Å². The molecule has 1 heterocycles. The van der Waals surface area contributed by atoms with Crippen LogP contribution < -0.4 is 5.73 Å². The van der Waals surface area contributed by atoms with Gasteiger partial charge in [-0.15, -0.1) is 0 Å². The Morgan fingerprint density at radius 2 is 2.00 bits per heavy atom. The first kappa shape index (κ1) is 10.3. The molecule has 1 aliphatic rings. The average Bonchev–Trinajstić information content (AvgIpc) is 2.17. The van der Waals surface area contributed by atoms with Gasteiger partial charge in [-0.05, 0) is 33.0 Å². The molecule has 1 rings (SSSR count). The van der Waals surface area contributed by atoms with E-state index >= 15 is 0 Å². The van der Waals surface area contributed by atoms with E-state index in [9.17, 15) is 0 Å². The minimum Gasteiger partial charge on any atom is -0.370 e. The molecule has 76 valence electrons. The van der Waals surface area contributed by atoms with Gasteiger partial charge in [0.25, 0.3) is 0 Å². The second-order valence-electron chi connectivity index (χ2n) is 3.73. The lowest BCUT2D eigenvalue weighted by Gasteiger charge is -2.35. The van der Waals surface area contributed by atoms with Crippen LogP contribution in [0, 0.1) is 0 Å². The summed E-state index contributed by atoms with van der Waals surface area (Å²) < 4.78 is 0. The summed E-state index contributed by atoms with van der Waals surface area (Å²) >= 11 is 0. The van der Waals surface area contributed by atoms with Crippen LogP contribution in [-0.4, -0.2) is 56.0 Å². The van der Waals surface area contributed by atoms with Crippen molar-refractivity contribution in [3.05, 3.63) is 0 Å². The van der Waals surface area contributed by atoms with Crippen LogP contribution in [0.4, 0.5) is 0 Å². The monoisotopic (exact) mass is 184 g/mol. The summed E-state index contributed by atoms with van der Waals surface area (Å²) in [4.78, 5) is 8.43. The second-order valence-corrected chi connectivity index (χ2v) is 3.73. The Labute approximate surface area is 80.4 Å². The zero-order valence-electron chi connectivity index (χ0n) is 8.82. The topological polar surface area (TPSA) is 44.9 Å². The lowest BCUT2D eigenvalue weighted by Crippen LogP contribution is -2.47. The molecule has 0 spiro atoms. The second kappa shape index (κ2) is 4.46. The number of guanidine groups is 1. The van der Waals surface area contributed by atoms with Crippen molar-refractivity contribution in [1.82, 2.24) is 9.80 Å². The molecule has 0 aromatic rings. The summed E-state index contributed by atoms with van der Waals surface area (Å²) in [7, 11) is 5.92. The van der Waals surface area contributed by atoms with Crippen molar-refractivity contribution in [2.45, 2.75) is 18.9 Å². The van der Waals surface area contributed by atoms with Gasteiger partial charge < -0.3 is 15.5 Å². The SMILES string of the molecule is CN=C(N)N(C)C1CCN(C)CC1. The van der Waals surface area contributed by atoms with E-state index in [-0.39, 0.29) is 0 Å². The first-order chi connectivity index (χ1) is 6.15. The first-order valence-electron chi connectivity index (χ1n) is 4.78. The van der Waals surface area contributed by atoms with E-state index in [1.807, 2.05) is 7.05 Å². The van der Waals surface area contributed by atoms with Crippen LogP contribution in [0.5, 0.6) is 0 Å². The van der Waals surface area contributed by atoms with E-state index in [2.05, 4.69) is 21.8 Å². The number of hydrogen-bond acceptors (Lipinski definition) is 2. The molecule has 1 fully saturated rings. The molecule has 4 heteroatoms. The predicted molar refractivity (Wildman–Crippen MR) is 55.8 cm³/mol. The highest BCUT2D eigenvalue weighted by atomic mass is 15.3. The first-order valence-corrected chi connectivity index (χ1v) is 4.78. The van der Waals surface area contributed by atoms with Crippen molar-refractivity contribution < 1.29 is 0 Å². The van der Waals surface area contributed by atoms with Crippen molar-refractivity contribution >= 4 is 5.96 Å². The molecule has 1 saturated heterocycles. The van der Waals surface area contributed by atoms with Crippen LogP contribution in [0.3, 0.4) is 0 Å². The summed E-state index contributed by atoms with van der Waals surface area (Å²) in [6.45, 7) is 2.32. The largest absolute Gasteiger partial charge is 0.370 e.